The number of nitrogens with zero attached hydrogens (tertiary/aromatic N) is 3. The van der Waals surface area contributed by atoms with Crippen LogP contribution in [0.3, 0.4) is 0 Å². The molecule has 0 spiro atoms. The van der Waals surface area contributed by atoms with Gasteiger partial charge in [0.1, 0.15) is 12.2 Å². The maximum atomic E-state index is 5.88. The van der Waals surface area contributed by atoms with Crippen LogP contribution < -0.4 is 5.32 Å². The Balaban J connectivity index is 1.84. The number of aryl methyl sites for hydroxylation is 1. The summed E-state index contributed by atoms with van der Waals surface area (Å²) in [5.74, 6) is 0.977. The minimum atomic E-state index is 0.378. The van der Waals surface area contributed by atoms with Crippen LogP contribution in [0.1, 0.15) is 25.2 Å². The van der Waals surface area contributed by atoms with Crippen molar-refractivity contribution in [3.05, 3.63) is 47.0 Å². The smallest absolute Gasteiger partial charge is 0.146 e. The zero-order valence-electron chi connectivity index (χ0n) is 11.3. The first kappa shape index (κ1) is 14.0. The number of rotatable bonds is 6. The van der Waals surface area contributed by atoms with Crippen molar-refractivity contribution in [3.63, 3.8) is 0 Å². The van der Waals surface area contributed by atoms with Gasteiger partial charge in [0.2, 0.25) is 0 Å². The molecule has 0 fully saturated rings. The highest BCUT2D eigenvalue weighted by atomic mass is 35.5. The Bertz CT molecular complexity index is 506. The van der Waals surface area contributed by atoms with Crippen molar-refractivity contribution >= 4 is 11.6 Å². The van der Waals surface area contributed by atoms with E-state index in [1.165, 1.54) is 5.56 Å². The van der Waals surface area contributed by atoms with Crippen LogP contribution >= 0.6 is 11.6 Å². The minimum Gasteiger partial charge on any atom is -0.317 e. The predicted molar refractivity (Wildman–Crippen MR) is 77.2 cm³/mol. The summed E-state index contributed by atoms with van der Waals surface area (Å²) in [5, 5.41) is 12.3. The van der Waals surface area contributed by atoms with Crippen LogP contribution in [0.2, 0.25) is 5.02 Å². The summed E-state index contributed by atoms with van der Waals surface area (Å²) >= 11 is 5.88. The van der Waals surface area contributed by atoms with Crippen LogP contribution in [0.4, 0.5) is 0 Å². The second kappa shape index (κ2) is 6.68. The first-order valence-corrected chi connectivity index (χ1v) is 6.91. The molecule has 0 amide bonds. The van der Waals surface area contributed by atoms with Crippen LogP contribution in [0.15, 0.2) is 30.6 Å². The molecule has 0 aliphatic carbocycles. The minimum absolute atomic E-state index is 0.378. The molecule has 0 saturated carbocycles. The number of hydrogen-bond donors (Lipinski definition) is 1. The Morgan fingerprint density at radius 2 is 2.05 bits per heavy atom. The van der Waals surface area contributed by atoms with Gasteiger partial charge in [0.15, 0.2) is 0 Å². The molecule has 1 aromatic heterocycles. The fraction of sp³-hybridized carbons (Fsp3) is 0.429. The van der Waals surface area contributed by atoms with Gasteiger partial charge in [-0.3, -0.25) is 0 Å². The molecule has 19 heavy (non-hydrogen) atoms. The second-order valence-corrected chi connectivity index (χ2v) is 5.08. The molecule has 0 aliphatic heterocycles. The average molecular weight is 279 g/mol. The molecule has 0 saturated heterocycles. The van der Waals surface area contributed by atoms with E-state index in [1.807, 2.05) is 16.7 Å². The zero-order valence-corrected chi connectivity index (χ0v) is 12.1. The van der Waals surface area contributed by atoms with Crippen molar-refractivity contribution in [1.29, 1.82) is 0 Å². The molecule has 1 N–H and O–H groups in total. The average Bonchev–Trinajstić information content (AvgIpc) is 2.86. The van der Waals surface area contributed by atoms with E-state index < -0.39 is 0 Å². The molecule has 2 aromatic rings. The van der Waals surface area contributed by atoms with E-state index in [2.05, 4.69) is 41.5 Å². The topological polar surface area (TPSA) is 42.7 Å². The van der Waals surface area contributed by atoms with Gasteiger partial charge >= 0.3 is 0 Å². The Kier molecular flexibility index (Phi) is 4.93. The Hall–Kier alpha value is -1.39. The molecule has 1 aromatic carbocycles. The molecule has 4 nitrogen and oxygen atoms in total. The Morgan fingerprint density at radius 1 is 1.32 bits per heavy atom. The summed E-state index contributed by atoms with van der Waals surface area (Å²) in [4.78, 5) is 0. The molecular formula is C14H19ClN4. The van der Waals surface area contributed by atoms with E-state index >= 15 is 0 Å². The van der Waals surface area contributed by atoms with Gasteiger partial charge in [-0.25, -0.2) is 0 Å². The maximum Gasteiger partial charge on any atom is 0.146 e. The molecule has 0 aliphatic rings. The summed E-state index contributed by atoms with van der Waals surface area (Å²) in [5.41, 5.74) is 1.28. The first-order valence-electron chi connectivity index (χ1n) is 6.53. The molecule has 1 unspecified atom stereocenters. The van der Waals surface area contributed by atoms with Gasteiger partial charge in [-0.15, -0.1) is 10.2 Å². The van der Waals surface area contributed by atoms with E-state index in [-0.39, 0.29) is 0 Å². The third kappa shape index (κ3) is 4.04. The molecule has 1 heterocycles. The van der Waals surface area contributed by atoms with Gasteiger partial charge in [0.25, 0.3) is 0 Å². The summed E-state index contributed by atoms with van der Waals surface area (Å²) in [7, 11) is 0. The maximum absolute atomic E-state index is 5.88. The lowest BCUT2D eigenvalue weighted by Gasteiger charge is -2.14. The van der Waals surface area contributed by atoms with Crippen LogP contribution in [-0.2, 0) is 19.5 Å². The van der Waals surface area contributed by atoms with Gasteiger partial charge in [-0.05, 0) is 38.0 Å². The van der Waals surface area contributed by atoms with Crippen LogP contribution in [-0.4, -0.2) is 20.8 Å². The Labute approximate surface area is 118 Å². The van der Waals surface area contributed by atoms with Crippen LogP contribution in [0.5, 0.6) is 0 Å². The van der Waals surface area contributed by atoms with Gasteiger partial charge in [-0.1, -0.05) is 23.7 Å². The fourth-order valence-corrected chi connectivity index (χ4v) is 2.12. The number of hydrogen-bond acceptors (Lipinski definition) is 3. The highest BCUT2D eigenvalue weighted by molar-refractivity contribution is 6.30. The SMILES string of the molecule is CCn1cnnc1CNC(C)Cc1ccc(Cl)cc1. The van der Waals surface area contributed by atoms with Gasteiger partial charge in [0, 0.05) is 17.6 Å². The standard InChI is InChI=1S/C14H19ClN4/c1-3-19-10-17-18-14(19)9-16-11(2)8-12-4-6-13(15)7-5-12/h4-7,10-11,16H,3,8-9H2,1-2H3. The fourth-order valence-electron chi connectivity index (χ4n) is 1.99. The first-order chi connectivity index (χ1) is 9.19. The lowest BCUT2D eigenvalue weighted by Crippen LogP contribution is -2.28. The van der Waals surface area contributed by atoms with Crippen molar-refractivity contribution in [2.75, 3.05) is 0 Å². The van der Waals surface area contributed by atoms with Crippen LogP contribution in [0, 0.1) is 0 Å². The van der Waals surface area contributed by atoms with E-state index in [0.29, 0.717) is 6.04 Å². The molecule has 2 rings (SSSR count). The second-order valence-electron chi connectivity index (χ2n) is 4.65. The number of halogens is 1. The van der Waals surface area contributed by atoms with Crippen molar-refractivity contribution in [2.45, 2.75) is 39.4 Å². The molecule has 0 bridgehead atoms. The summed E-state index contributed by atoms with van der Waals surface area (Å²) in [6, 6.07) is 8.36. The molecule has 5 heteroatoms. The van der Waals surface area contributed by atoms with E-state index in [9.17, 15) is 0 Å². The number of benzene rings is 1. The lowest BCUT2D eigenvalue weighted by molar-refractivity contribution is 0.518. The van der Waals surface area contributed by atoms with Crippen LogP contribution in [0.25, 0.3) is 0 Å². The van der Waals surface area contributed by atoms with Gasteiger partial charge < -0.3 is 9.88 Å². The van der Waals surface area contributed by atoms with Gasteiger partial charge in [0.05, 0.1) is 6.54 Å². The molecular weight excluding hydrogens is 260 g/mol. The number of nitrogens with one attached hydrogen (secondary N) is 1. The van der Waals surface area contributed by atoms with Gasteiger partial charge in [-0.2, -0.15) is 0 Å². The quantitative estimate of drug-likeness (QED) is 0.883. The van der Waals surface area contributed by atoms with Crippen molar-refractivity contribution < 1.29 is 0 Å². The third-order valence-electron chi connectivity index (χ3n) is 3.10. The molecule has 102 valence electrons. The molecule has 1 atom stereocenters. The summed E-state index contributed by atoms with van der Waals surface area (Å²) in [6.07, 6.45) is 2.73. The van der Waals surface area contributed by atoms with E-state index in [4.69, 9.17) is 11.6 Å². The van der Waals surface area contributed by atoms with Crippen molar-refractivity contribution in [2.24, 2.45) is 0 Å². The highest BCUT2D eigenvalue weighted by Crippen LogP contribution is 2.11. The van der Waals surface area contributed by atoms with E-state index in [0.717, 1.165) is 30.4 Å². The zero-order chi connectivity index (χ0) is 13.7. The van der Waals surface area contributed by atoms with Crippen molar-refractivity contribution in [1.82, 2.24) is 20.1 Å². The van der Waals surface area contributed by atoms with E-state index in [1.54, 1.807) is 6.33 Å². The third-order valence-corrected chi connectivity index (χ3v) is 3.35. The monoisotopic (exact) mass is 278 g/mol. The molecule has 0 radical (unpaired) electrons. The largest absolute Gasteiger partial charge is 0.317 e. The highest BCUT2D eigenvalue weighted by Gasteiger charge is 2.06. The normalized spacial score (nSPS) is 12.6. The Morgan fingerprint density at radius 3 is 2.74 bits per heavy atom. The summed E-state index contributed by atoms with van der Waals surface area (Å²) < 4.78 is 2.04. The number of aromatic nitrogens is 3. The summed E-state index contributed by atoms with van der Waals surface area (Å²) in [6.45, 7) is 5.89. The lowest BCUT2D eigenvalue weighted by atomic mass is 10.1. The predicted octanol–water partition coefficient (Wildman–Crippen LogP) is 2.67. The van der Waals surface area contributed by atoms with Crippen molar-refractivity contribution in [3.8, 4) is 0 Å².